The van der Waals surface area contributed by atoms with E-state index in [2.05, 4.69) is 10.2 Å². The third-order valence-electron chi connectivity index (χ3n) is 5.13. The van der Waals surface area contributed by atoms with E-state index in [1.54, 1.807) is 24.3 Å². The van der Waals surface area contributed by atoms with Crippen LogP contribution in [0, 0.1) is 0 Å². The molecule has 0 spiro atoms. The molecule has 2 fully saturated rings. The van der Waals surface area contributed by atoms with Crippen molar-refractivity contribution in [2.24, 2.45) is 0 Å². The molecule has 0 aromatic heterocycles. The van der Waals surface area contributed by atoms with Crippen LogP contribution in [0.3, 0.4) is 0 Å². The minimum Gasteiger partial charge on any atom is -0.399 e. The molecule has 0 bridgehead atoms. The fourth-order valence-electron chi connectivity index (χ4n) is 3.69. The number of hydrogen-bond donors (Lipinski definition) is 2. The number of hydrogen-bond acceptors (Lipinski definition) is 4. The average Bonchev–Trinajstić information content (AvgIpc) is 2.62. The van der Waals surface area contributed by atoms with Gasteiger partial charge in [0, 0.05) is 43.5 Å². The predicted octanol–water partition coefficient (Wildman–Crippen LogP) is 1.48. The van der Waals surface area contributed by atoms with Crippen molar-refractivity contribution in [2.45, 2.75) is 38.1 Å². The quantitative estimate of drug-likeness (QED) is 0.811. The molecule has 25 heavy (non-hydrogen) atoms. The third kappa shape index (κ3) is 4.95. The molecule has 2 amide bonds. The van der Waals surface area contributed by atoms with Crippen molar-refractivity contribution in [3.05, 3.63) is 29.8 Å². The van der Waals surface area contributed by atoms with Crippen molar-refractivity contribution < 1.29 is 9.59 Å². The van der Waals surface area contributed by atoms with Crippen LogP contribution in [0.2, 0.25) is 0 Å². The highest BCUT2D eigenvalue weighted by atomic mass is 16.2. The second kappa shape index (κ2) is 8.34. The lowest BCUT2D eigenvalue weighted by Gasteiger charge is -2.34. The van der Waals surface area contributed by atoms with E-state index in [1.165, 1.54) is 19.3 Å². The van der Waals surface area contributed by atoms with Crippen molar-refractivity contribution in [3.8, 4) is 0 Å². The Labute approximate surface area is 149 Å². The Morgan fingerprint density at radius 3 is 2.48 bits per heavy atom. The van der Waals surface area contributed by atoms with Gasteiger partial charge < -0.3 is 16.0 Å². The van der Waals surface area contributed by atoms with Crippen LogP contribution >= 0.6 is 0 Å². The number of rotatable bonds is 4. The molecule has 1 saturated carbocycles. The third-order valence-corrected chi connectivity index (χ3v) is 5.13. The van der Waals surface area contributed by atoms with E-state index in [0.717, 1.165) is 25.9 Å². The van der Waals surface area contributed by atoms with Crippen LogP contribution in [-0.4, -0.2) is 60.4 Å². The van der Waals surface area contributed by atoms with E-state index >= 15 is 0 Å². The Morgan fingerprint density at radius 1 is 1.08 bits per heavy atom. The lowest BCUT2D eigenvalue weighted by molar-refractivity contribution is -0.123. The maximum absolute atomic E-state index is 12.5. The first-order valence-electron chi connectivity index (χ1n) is 9.28. The van der Waals surface area contributed by atoms with Gasteiger partial charge in [0.05, 0.1) is 6.54 Å². The fraction of sp³-hybridized carbons (Fsp3) is 0.579. The number of nitrogens with one attached hydrogen (secondary N) is 1. The molecule has 6 heteroatoms. The molecule has 2 aliphatic rings. The van der Waals surface area contributed by atoms with Gasteiger partial charge in [0.1, 0.15) is 0 Å². The van der Waals surface area contributed by atoms with Gasteiger partial charge >= 0.3 is 0 Å². The van der Waals surface area contributed by atoms with Crippen molar-refractivity contribution in [1.82, 2.24) is 15.1 Å². The Balaban J connectivity index is 1.43. The van der Waals surface area contributed by atoms with Gasteiger partial charge in [-0.25, -0.2) is 0 Å². The van der Waals surface area contributed by atoms with Crippen LogP contribution in [0.5, 0.6) is 0 Å². The summed E-state index contributed by atoms with van der Waals surface area (Å²) in [7, 11) is 0. The zero-order chi connectivity index (χ0) is 17.6. The molecule has 6 nitrogen and oxygen atoms in total. The van der Waals surface area contributed by atoms with E-state index in [1.807, 2.05) is 4.90 Å². The Hall–Kier alpha value is -2.08. The Kier molecular flexibility index (Phi) is 5.91. The standard InChI is InChI=1S/C19H28N4O2/c20-16-6-4-5-15(13-16)19(25)23-11-9-22(10-12-23)14-18(24)21-17-7-2-1-3-8-17/h4-6,13,17H,1-3,7-12,14,20H2,(H,21,24). The first-order valence-corrected chi connectivity index (χ1v) is 9.28. The molecule has 1 heterocycles. The normalized spacial score (nSPS) is 19.6. The minimum absolute atomic E-state index is 0.0126. The zero-order valence-electron chi connectivity index (χ0n) is 14.7. The average molecular weight is 344 g/mol. The number of nitrogens with two attached hydrogens (primary N) is 1. The summed E-state index contributed by atoms with van der Waals surface area (Å²) in [4.78, 5) is 28.7. The molecule has 1 aliphatic heterocycles. The van der Waals surface area contributed by atoms with Gasteiger partial charge in [0.15, 0.2) is 0 Å². The summed E-state index contributed by atoms with van der Waals surface area (Å²) >= 11 is 0. The molecule has 1 aromatic carbocycles. The van der Waals surface area contributed by atoms with Gasteiger partial charge in [-0.2, -0.15) is 0 Å². The second-order valence-electron chi connectivity index (χ2n) is 7.10. The highest BCUT2D eigenvalue weighted by Crippen LogP contribution is 2.17. The number of anilines is 1. The monoisotopic (exact) mass is 344 g/mol. The van der Waals surface area contributed by atoms with E-state index in [4.69, 9.17) is 5.73 Å². The molecule has 3 rings (SSSR count). The molecular weight excluding hydrogens is 316 g/mol. The summed E-state index contributed by atoms with van der Waals surface area (Å²) in [5.41, 5.74) is 6.99. The first kappa shape index (κ1) is 17.7. The van der Waals surface area contributed by atoms with Crippen LogP contribution in [-0.2, 0) is 4.79 Å². The van der Waals surface area contributed by atoms with Gasteiger partial charge in [-0.3, -0.25) is 14.5 Å². The Bertz CT molecular complexity index is 605. The summed E-state index contributed by atoms with van der Waals surface area (Å²) in [6, 6.07) is 7.44. The SMILES string of the molecule is Nc1cccc(C(=O)N2CCN(CC(=O)NC3CCCCC3)CC2)c1. The molecule has 1 saturated heterocycles. The molecule has 136 valence electrons. The summed E-state index contributed by atoms with van der Waals surface area (Å²) in [5.74, 6) is 0.126. The molecule has 0 atom stereocenters. The maximum Gasteiger partial charge on any atom is 0.254 e. The number of carbonyl (C=O) groups is 2. The largest absolute Gasteiger partial charge is 0.399 e. The van der Waals surface area contributed by atoms with Gasteiger partial charge in [-0.15, -0.1) is 0 Å². The van der Waals surface area contributed by atoms with E-state index in [9.17, 15) is 9.59 Å². The predicted molar refractivity (Wildman–Crippen MR) is 98.2 cm³/mol. The minimum atomic E-state index is 0.0126. The zero-order valence-corrected chi connectivity index (χ0v) is 14.7. The molecule has 0 unspecified atom stereocenters. The van der Waals surface area contributed by atoms with E-state index < -0.39 is 0 Å². The van der Waals surface area contributed by atoms with Crippen molar-refractivity contribution in [1.29, 1.82) is 0 Å². The molecule has 0 radical (unpaired) electrons. The summed E-state index contributed by atoms with van der Waals surface area (Å²) in [5, 5.41) is 3.16. The van der Waals surface area contributed by atoms with Crippen LogP contribution in [0.4, 0.5) is 5.69 Å². The Morgan fingerprint density at radius 2 is 1.80 bits per heavy atom. The lowest BCUT2D eigenvalue weighted by atomic mass is 9.95. The highest BCUT2D eigenvalue weighted by molar-refractivity contribution is 5.95. The number of nitrogen functional groups attached to an aromatic ring is 1. The van der Waals surface area contributed by atoms with Crippen molar-refractivity contribution in [2.75, 3.05) is 38.5 Å². The summed E-state index contributed by atoms with van der Waals surface area (Å²) in [6.07, 6.45) is 5.93. The smallest absolute Gasteiger partial charge is 0.254 e. The van der Waals surface area contributed by atoms with E-state index in [0.29, 0.717) is 36.9 Å². The topological polar surface area (TPSA) is 78.7 Å². The van der Waals surface area contributed by atoms with Gasteiger partial charge in [0.2, 0.25) is 5.91 Å². The first-order chi connectivity index (χ1) is 12.1. The van der Waals surface area contributed by atoms with Gasteiger partial charge in [-0.05, 0) is 31.0 Å². The number of carbonyl (C=O) groups excluding carboxylic acids is 2. The fourth-order valence-corrected chi connectivity index (χ4v) is 3.69. The second-order valence-corrected chi connectivity index (χ2v) is 7.10. The van der Waals surface area contributed by atoms with Crippen molar-refractivity contribution in [3.63, 3.8) is 0 Å². The highest BCUT2D eigenvalue weighted by Gasteiger charge is 2.24. The number of amides is 2. The number of benzene rings is 1. The molecule has 1 aliphatic carbocycles. The van der Waals surface area contributed by atoms with E-state index in [-0.39, 0.29) is 11.8 Å². The van der Waals surface area contributed by atoms with Crippen LogP contribution in [0.25, 0.3) is 0 Å². The number of nitrogens with zero attached hydrogens (tertiary/aromatic N) is 2. The van der Waals surface area contributed by atoms with Gasteiger partial charge in [0.25, 0.3) is 5.91 Å². The van der Waals surface area contributed by atoms with Crippen LogP contribution < -0.4 is 11.1 Å². The van der Waals surface area contributed by atoms with Crippen LogP contribution in [0.1, 0.15) is 42.5 Å². The maximum atomic E-state index is 12.5. The summed E-state index contributed by atoms with van der Waals surface area (Å²) < 4.78 is 0. The molecular formula is C19H28N4O2. The van der Waals surface area contributed by atoms with Gasteiger partial charge in [-0.1, -0.05) is 25.3 Å². The summed E-state index contributed by atoms with van der Waals surface area (Å²) in [6.45, 7) is 3.17. The molecule has 1 aromatic rings. The van der Waals surface area contributed by atoms with Crippen molar-refractivity contribution >= 4 is 17.5 Å². The number of piperazine rings is 1. The molecule has 3 N–H and O–H groups in total. The van der Waals surface area contributed by atoms with Crippen LogP contribution in [0.15, 0.2) is 24.3 Å². The lowest BCUT2D eigenvalue weighted by Crippen LogP contribution is -2.52.